The summed E-state index contributed by atoms with van der Waals surface area (Å²) in [4.78, 5) is 8.13. The minimum atomic E-state index is -0.212. The van der Waals surface area contributed by atoms with Gasteiger partial charge in [0.2, 0.25) is 0 Å². The van der Waals surface area contributed by atoms with Crippen LogP contribution in [0.3, 0.4) is 0 Å². The highest BCUT2D eigenvalue weighted by Gasteiger charge is 2.12. The second kappa shape index (κ2) is 3.23. The zero-order valence-corrected chi connectivity index (χ0v) is 7.78. The first-order valence-corrected chi connectivity index (χ1v) is 4.69. The molecule has 0 aliphatic heterocycles. The summed E-state index contributed by atoms with van der Waals surface area (Å²) < 4.78 is 4.97. The van der Waals surface area contributed by atoms with E-state index in [2.05, 4.69) is 15.1 Å². The Kier molecular flexibility index (Phi) is 2.07. The number of nitrogens with two attached hydrogens (primary N) is 1. The maximum Gasteiger partial charge on any atom is 0.277 e. The SMILES string of the molecule is CC(N)c1noc(-c2cscn2)n1. The van der Waals surface area contributed by atoms with Crippen molar-refractivity contribution in [2.75, 3.05) is 0 Å². The van der Waals surface area contributed by atoms with Crippen LogP contribution in [0.1, 0.15) is 18.8 Å². The van der Waals surface area contributed by atoms with Crippen LogP contribution in [0.5, 0.6) is 0 Å². The van der Waals surface area contributed by atoms with Crippen molar-refractivity contribution in [2.45, 2.75) is 13.0 Å². The van der Waals surface area contributed by atoms with E-state index in [1.807, 2.05) is 5.38 Å². The molecule has 5 nitrogen and oxygen atoms in total. The monoisotopic (exact) mass is 196 g/mol. The Balaban J connectivity index is 2.33. The fourth-order valence-corrected chi connectivity index (χ4v) is 1.37. The summed E-state index contributed by atoms with van der Waals surface area (Å²) in [7, 11) is 0. The highest BCUT2D eigenvalue weighted by atomic mass is 32.1. The van der Waals surface area contributed by atoms with Crippen LogP contribution in [0.25, 0.3) is 11.6 Å². The van der Waals surface area contributed by atoms with Crippen LogP contribution < -0.4 is 5.73 Å². The molecule has 0 bridgehead atoms. The maximum atomic E-state index is 5.58. The topological polar surface area (TPSA) is 77.8 Å². The molecule has 1 unspecified atom stereocenters. The molecule has 2 heterocycles. The van der Waals surface area contributed by atoms with E-state index in [0.717, 1.165) is 0 Å². The van der Waals surface area contributed by atoms with Crippen molar-refractivity contribution in [1.29, 1.82) is 0 Å². The number of hydrogen-bond donors (Lipinski definition) is 1. The molecular weight excluding hydrogens is 188 g/mol. The molecule has 0 amide bonds. The molecule has 68 valence electrons. The molecule has 2 aromatic heterocycles. The summed E-state index contributed by atoms with van der Waals surface area (Å²) in [6.45, 7) is 1.80. The summed E-state index contributed by atoms with van der Waals surface area (Å²) >= 11 is 1.48. The molecule has 0 aromatic carbocycles. The molecule has 0 spiro atoms. The van der Waals surface area contributed by atoms with Crippen molar-refractivity contribution in [3.8, 4) is 11.6 Å². The van der Waals surface area contributed by atoms with E-state index in [9.17, 15) is 0 Å². The van der Waals surface area contributed by atoms with E-state index >= 15 is 0 Å². The first kappa shape index (κ1) is 8.33. The molecule has 0 saturated heterocycles. The molecule has 0 aliphatic rings. The Morgan fingerprint density at radius 3 is 3.00 bits per heavy atom. The molecule has 0 aliphatic carbocycles. The summed E-state index contributed by atoms with van der Waals surface area (Å²) in [6.07, 6.45) is 0. The van der Waals surface area contributed by atoms with Crippen LogP contribution in [0, 0.1) is 0 Å². The number of rotatable bonds is 2. The quantitative estimate of drug-likeness (QED) is 0.781. The van der Waals surface area contributed by atoms with Gasteiger partial charge in [-0.15, -0.1) is 11.3 Å². The van der Waals surface area contributed by atoms with Crippen molar-refractivity contribution in [2.24, 2.45) is 5.73 Å². The molecule has 0 saturated carbocycles. The average Bonchev–Trinajstić information content (AvgIpc) is 2.75. The van der Waals surface area contributed by atoms with Gasteiger partial charge in [0, 0.05) is 5.38 Å². The van der Waals surface area contributed by atoms with Gasteiger partial charge in [-0.3, -0.25) is 0 Å². The second-order valence-electron chi connectivity index (χ2n) is 2.62. The van der Waals surface area contributed by atoms with Crippen LogP contribution in [0.2, 0.25) is 0 Å². The van der Waals surface area contributed by atoms with E-state index in [0.29, 0.717) is 17.4 Å². The Hall–Kier alpha value is -1.27. The standard InChI is InChI=1S/C7H8N4OS/c1-4(8)6-10-7(12-11-6)5-2-13-3-9-5/h2-4H,8H2,1H3. The summed E-state index contributed by atoms with van der Waals surface area (Å²) in [5, 5.41) is 5.57. The van der Waals surface area contributed by atoms with E-state index < -0.39 is 0 Å². The zero-order valence-electron chi connectivity index (χ0n) is 6.97. The third-order valence-corrected chi connectivity index (χ3v) is 2.09. The van der Waals surface area contributed by atoms with Crippen molar-refractivity contribution in [3.05, 3.63) is 16.7 Å². The zero-order chi connectivity index (χ0) is 9.26. The van der Waals surface area contributed by atoms with E-state index in [1.54, 1.807) is 12.4 Å². The van der Waals surface area contributed by atoms with Crippen LogP contribution in [-0.2, 0) is 0 Å². The highest BCUT2D eigenvalue weighted by Crippen LogP contribution is 2.17. The minimum absolute atomic E-state index is 0.212. The van der Waals surface area contributed by atoms with Gasteiger partial charge in [-0.2, -0.15) is 4.98 Å². The molecule has 1 atom stereocenters. The van der Waals surface area contributed by atoms with Gasteiger partial charge in [-0.1, -0.05) is 5.16 Å². The lowest BCUT2D eigenvalue weighted by molar-refractivity contribution is 0.417. The number of nitrogens with zero attached hydrogens (tertiary/aromatic N) is 3. The van der Waals surface area contributed by atoms with Crippen LogP contribution >= 0.6 is 11.3 Å². The second-order valence-corrected chi connectivity index (χ2v) is 3.34. The third-order valence-electron chi connectivity index (χ3n) is 1.50. The fourth-order valence-electron chi connectivity index (χ4n) is 0.842. The fraction of sp³-hybridized carbons (Fsp3) is 0.286. The first-order valence-electron chi connectivity index (χ1n) is 3.75. The maximum absolute atomic E-state index is 5.58. The Morgan fingerprint density at radius 2 is 2.46 bits per heavy atom. The lowest BCUT2D eigenvalue weighted by Crippen LogP contribution is -2.06. The van der Waals surface area contributed by atoms with Crippen molar-refractivity contribution < 1.29 is 4.52 Å². The number of aromatic nitrogens is 3. The lowest BCUT2D eigenvalue weighted by atomic mass is 10.3. The predicted octanol–water partition coefficient (Wildman–Crippen LogP) is 1.21. The Morgan fingerprint density at radius 1 is 1.62 bits per heavy atom. The van der Waals surface area contributed by atoms with Gasteiger partial charge >= 0.3 is 0 Å². The van der Waals surface area contributed by atoms with Crippen molar-refractivity contribution in [1.82, 2.24) is 15.1 Å². The highest BCUT2D eigenvalue weighted by molar-refractivity contribution is 7.07. The first-order chi connectivity index (χ1) is 6.27. The van der Waals surface area contributed by atoms with Crippen LogP contribution in [0.15, 0.2) is 15.4 Å². The third kappa shape index (κ3) is 1.58. The average molecular weight is 196 g/mol. The van der Waals surface area contributed by atoms with Gasteiger partial charge in [0.05, 0.1) is 11.6 Å². The van der Waals surface area contributed by atoms with Crippen molar-refractivity contribution in [3.63, 3.8) is 0 Å². The molecule has 2 N–H and O–H groups in total. The molecule has 6 heteroatoms. The Bertz CT molecular complexity index is 381. The van der Waals surface area contributed by atoms with E-state index in [-0.39, 0.29) is 6.04 Å². The molecule has 2 aromatic rings. The predicted molar refractivity (Wildman–Crippen MR) is 48.0 cm³/mol. The van der Waals surface area contributed by atoms with Gasteiger partial charge in [-0.05, 0) is 6.92 Å². The van der Waals surface area contributed by atoms with Crippen molar-refractivity contribution >= 4 is 11.3 Å². The number of hydrogen-bond acceptors (Lipinski definition) is 6. The summed E-state index contributed by atoms with van der Waals surface area (Å²) in [5.74, 6) is 0.927. The summed E-state index contributed by atoms with van der Waals surface area (Å²) in [5.41, 5.74) is 7.99. The minimum Gasteiger partial charge on any atom is -0.332 e. The molecule has 13 heavy (non-hydrogen) atoms. The van der Waals surface area contributed by atoms with E-state index in [1.165, 1.54) is 11.3 Å². The largest absolute Gasteiger partial charge is 0.332 e. The summed E-state index contributed by atoms with van der Waals surface area (Å²) in [6, 6.07) is -0.212. The van der Waals surface area contributed by atoms with Gasteiger partial charge in [0.15, 0.2) is 5.82 Å². The van der Waals surface area contributed by atoms with E-state index in [4.69, 9.17) is 10.3 Å². The molecule has 0 radical (unpaired) electrons. The smallest absolute Gasteiger partial charge is 0.277 e. The van der Waals surface area contributed by atoms with Crippen LogP contribution in [0.4, 0.5) is 0 Å². The molecular formula is C7H8N4OS. The lowest BCUT2D eigenvalue weighted by Gasteiger charge is -1.92. The van der Waals surface area contributed by atoms with Crippen LogP contribution in [-0.4, -0.2) is 15.1 Å². The molecule has 0 fully saturated rings. The molecule has 2 rings (SSSR count). The number of thiazole rings is 1. The normalized spacial score (nSPS) is 13.1. The Labute approximate surface area is 78.6 Å². The van der Waals surface area contributed by atoms with Gasteiger partial charge in [0.25, 0.3) is 5.89 Å². The van der Waals surface area contributed by atoms with Gasteiger partial charge in [-0.25, -0.2) is 4.98 Å². The van der Waals surface area contributed by atoms with Gasteiger partial charge in [0.1, 0.15) is 5.69 Å². The van der Waals surface area contributed by atoms with Gasteiger partial charge < -0.3 is 10.3 Å².